The second-order valence-corrected chi connectivity index (χ2v) is 3.48. The van der Waals surface area contributed by atoms with Gasteiger partial charge in [-0.05, 0) is 0 Å². The van der Waals surface area contributed by atoms with Gasteiger partial charge in [-0.15, -0.1) is 0 Å². The molecule has 0 saturated heterocycles. The third kappa shape index (κ3) is 3.30. The van der Waals surface area contributed by atoms with E-state index in [0.29, 0.717) is 0 Å². The zero-order chi connectivity index (χ0) is 13.0. The van der Waals surface area contributed by atoms with Gasteiger partial charge in [-0.2, -0.15) is 0 Å². The molecule has 8 nitrogen and oxygen atoms in total. The van der Waals surface area contributed by atoms with E-state index in [2.05, 4.69) is 10.3 Å². The standard InChI is InChI=1S/C9H11N3O5/c1-5(9(14)15)3-11-8(13)7-2-6(4-10-7)12(16)17/h2,4-5,10H,3H2,1H3,(H,11,13)(H,14,15). The van der Waals surface area contributed by atoms with Crippen LogP contribution in [0.4, 0.5) is 5.69 Å². The number of aliphatic carboxylic acids is 1. The van der Waals surface area contributed by atoms with E-state index >= 15 is 0 Å². The predicted octanol–water partition coefficient (Wildman–Crippen LogP) is 0.373. The fourth-order valence-electron chi connectivity index (χ4n) is 1.05. The summed E-state index contributed by atoms with van der Waals surface area (Å²) in [5.41, 5.74) is -0.198. The average molecular weight is 241 g/mol. The first kappa shape index (κ1) is 12.7. The van der Waals surface area contributed by atoms with Gasteiger partial charge in [0.05, 0.1) is 17.0 Å². The summed E-state index contributed by atoms with van der Waals surface area (Å²) in [5, 5.41) is 21.3. The van der Waals surface area contributed by atoms with Crippen LogP contribution in [0.15, 0.2) is 12.3 Å². The lowest BCUT2D eigenvalue weighted by Crippen LogP contribution is -2.31. The highest BCUT2D eigenvalue weighted by atomic mass is 16.6. The maximum Gasteiger partial charge on any atom is 0.308 e. The fourth-order valence-corrected chi connectivity index (χ4v) is 1.05. The quantitative estimate of drug-likeness (QED) is 0.507. The molecule has 0 aliphatic rings. The number of nitrogens with one attached hydrogen (secondary N) is 2. The zero-order valence-corrected chi connectivity index (χ0v) is 8.97. The molecule has 0 spiro atoms. The molecule has 0 aliphatic heterocycles. The van der Waals surface area contributed by atoms with Crippen molar-refractivity contribution in [3.05, 3.63) is 28.1 Å². The summed E-state index contributed by atoms with van der Waals surface area (Å²) in [5.74, 6) is -2.32. The lowest BCUT2D eigenvalue weighted by molar-refractivity contribution is -0.384. The molecule has 0 fully saturated rings. The lowest BCUT2D eigenvalue weighted by atomic mass is 10.2. The molecule has 1 atom stereocenters. The third-order valence-electron chi connectivity index (χ3n) is 2.11. The number of hydrogen-bond acceptors (Lipinski definition) is 4. The summed E-state index contributed by atoms with van der Waals surface area (Å²) in [6, 6.07) is 1.08. The molecule has 0 saturated carbocycles. The predicted molar refractivity (Wildman–Crippen MR) is 56.6 cm³/mol. The number of nitro groups is 1. The van der Waals surface area contributed by atoms with E-state index < -0.39 is 22.7 Å². The van der Waals surface area contributed by atoms with Crippen LogP contribution in [0.5, 0.6) is 0 Å². The molecular weight excluding hydrogens is 230 g/mol. The summed E-state index contributed by atoms with van der Waals surface area (Å²) < 4.78 is 0. The SMILES string of the molecule is CC(CNC(=O)c1cc([N+](=O)[O-])c[nH]1)C(=O)O. The molecule has 1 heterocycles. The summed E-state index contributed by atoms with van der Waals surface area (Å²) in [7, 11) is 0. The van der Waals surface area contributed by atoms with Crippen molar-refractivity contribution in [3.8, 4) is 0 Å². The van der Waals surface area contributed by atoms with Crippen LogP contribution >= 0.6 is 0 Å². The van der Waals surface area contributed by atoms with Crippen LogP contribution in [0, 0.1) is 16.0 Å². The monoisotopic (exact) mass is 241 g/mol. The number of carboxylic acids is 1. The van der Waals surface area contributed by atoms with Crippen LogP contribution in [-0.2, 0) is 4.79 Å². The number of carbonyl (C=O) groups is 2. The summed E-state index contributed by atoms with van der Waals surface area (Å²) in [6.45, 7) is 1.40. The third-order valence-corrected chi connectivity index (χ3v) is 2.11. The first-order valence-electron chi connectivity index (χ1n) is 4.75. The van der Waals surface area contributed by atoms with E-state index in [1.165, 1.54) is 6.92 Å². The minimum absolute atomic E-state index is 0.0225. The summed E-state index contributed by atoms with van der Waals surface area (Å²) in [4.78, 5) is 34.1. The van der Waals surface area contributed by atoms with Crippen LogP contribution in [0.25, 0.3) is 0 Å². The molecular formula is C9H11N3O5. The molecule has 1 aromatic heterocycles. The Morgan fingerprint density at radius 2 is 2.29 bits per heavy atom. The first-order chi connectivity index (χ1) is 7.91. The van der Waals surface area contributed by atoms with Crippen LogP contribution in [0.1, 0.15) is 17.4 Å². The smallest absolute Gasteiger partial charge is 0.308 e. The van der Waals surface area contributed by atoms with Gasteiger partial charge in [0, 0.05) is 12.6 Å². The van der Waals surface area contributed by atoms with E-state index in [1.807, 2.05) is 0 Å². The maximum atomic E-state index is 11.4. The van der Waals surface area contributed by atoms with Crippen molar-refractivity contribution in [2.75, 3.05) is 6.54 Å². The molecule has 0 aliphatic carbocycles. The minimum Gasteiger partial charge on any atom is -0.481 e. The van der Waals surface area contributed by atoms with Crippen molar-refractivity contribution < 1.29 is 19.6 Å². The largest absolute Gasteiger partial charge is 0.481 e. The van der Waals surface area contributed by atoms with Crippen LogP contribution in [0.2, 0.25) is 0 Å². The second-order valence-electron chi connectivity index (χ2n) is 3.48. The number of rotatable bonds is 5. The van der Waals surface area contributed by atoms with Crippen LogP contribution < -0.4 is 5.32 Å². The molecule has 92 valence electrons. The van der Waals surface area contributed by atoms with Crippen LogP contribution in [0.3, 0.4) is 0 Å². The van der Waals surface area contributed by atoms with Crippen molar-refractivity contribution in [2.45, 2.75) is 6.92 Å². The van der Waals surface area contributed by atoms with Gasteiger partial charge < -0.3 is 15.4 Å². The second kappa shape index (κ2) is 5.10. The summed E-state index contributed by atoms with van der Waals surface area (Å²) >= 11 is 0. The van der Waals surface area contributed by atoms with E-state index in [4.69, 9.17) is 5.11 Å². The molecule has 8 heteroatoms. The van der Waals surface area contributed by atoms with E-state index in [0.717, 1.165) is 12.3 Å². The van der Waals surface area contributed by atoms with Crippen molar-refractivity contribution in [1.82, 2.24) is 10.3 Å². The lowest BCUT2D eigenvalue weighted by Gasteiger charge is -2.06. The average Bonchev–Trinajstić information content (AvgIpc) is 2.74. The maximum absolute atomic E-state index is 11.4. The van der Waals surface area contributed by atoms with E-state index in [9.17, 15) is 19.7 Å². The molecule has 1 rings (SSSR count). The van der Waals surface area contributed by atoms with Gasteiger partial charge in [0.2, 0.25) is 0 Å². The first-order valence-corrected chi connectivity index (χ1v) is 4.75. The molecule has 3 N–H and O–H groups in total. The van der Waals surface area contributed by atoms with Crippen molar-refractivity contribution in [1.29, 1.82) is 0 Å². The Hall–Kier alpha value is -2.38. The van der Waals surface area contributed by atoms with Gasteiger partial charge in [-0.3, -0.25) is 19.7 Å². The number of aromatic amines is 1. The Bertz CT molecular complexity index is 453. The minimum atomic E-state index is -1.03. The highest BCUT2D eigenvalue weighted by Crippen LogP contribution is 2.11. The molecule has 0 bridgehead atoms. The number of carboxylic acid groups (broad SMARTS) is 1. The normalized spacial score (nSPS) is 11.8. The zero-order valence-electron chi connectivity index (χ0n) is 8.97. The van der Waals surface area contributed by atoms with Gasteiger partial charge in [-0.1, -0.05) is 6.92 Å². The Labute approximate surface area is 95.8 Å². The number of nitrogens with zero attached hydrogens (tertiary/aromatic N) is 1. The number of hydrogen-bond donors (Lipinski definition) is 3. The Balaban J connectivity index is 2.58. The Kier molecular flexibility index (Phi) is 3.81. The van der Waals surface area contributed by atoms with Gasteiger partial charge in [0.25, 0.3) is 11.6 Å². The molecule has 1 amide bonds. The molecule has 1 aromatic rings. The Morgan fingerprint density at radius 1 is 1.65 bits per heavy atom. The number of aromatic nitrogens is 1. The number of amides is 1. The Morgan fingerprint density at radius 3 is 2.76 bits per heavy atom. The highest BCUT2D eigenvalue weighted by Gasteiger charge is 2.16. The van der Waals surface area contributed by atoms with Crippen molar-refractivity contribution in [3.63, 3.8) is 0 Å². The van der Waals surface area contributed by atoms with E-state index in [-0.39, 0.29) is 17.9 Å². The van der Waals surface area contributed by atoms with Gasteiger partial charge in [0.1, 0.15) is 5.69 Å². The van der Waals surface area contributed by atoms with Gasteiger partial charge in [-0.25, -0.2) is 0 Å². The van der Waals surface area contributed by atoms with Crippen molar-refractivity contribution >= 4 is 17.6 Å². The number of H-pyrrole nitrogens is 1. The highest BCUT2D eigenvalue weighted by molar-refractivity contribution is 5.93. The van der Waals surface area contributed by atoms with Crippen molar-refractivity contribution in [2.24, 2.45) is 5.92 Å². The number of carbonyl (C=O) groups excluding carboxylic acids is 1. The molecule has 17 heavy (non-hydrogen) atoms. The molecule has 0 radical (unpaired) electrons. The fraction of sp³-hybridized carbons (Fsp3) is 0.333. The topological polar surface area (TPSA) is 125 Å². The van der Waals surface area contributed by atoms with Gasteiger partial charge >= 0.3 is 5.97 Å². The summed E-state index contributed by atoms with van der Waals surface area (Å²) in [6.07, 6.45) is 1.09. The molecule has 1 unspecified atom stereocenters. The van der Waals surface area contributed by atoms with Crippen LogP contribution in [-0.4, -0.2) is 33.4 Å². The molecule has 0 aromatic carbocycles. The van der Waals surface area contributed by atoms with Gasteiger partial charge in [0.15, 0.2) is 0 Å². The van der Waals surface area contributed by atoms with E-state index in [1.54, 1.807) is 0 Å².